The second-order valence-electron chi connectivity index (χ2n) is 3.37. The summed E-state index contributed by atoms with van der Waals surface area (Å²) >= 11 is 0. The Kier molecular flexibility index (Phi) is 3.02. The van der Waals surface area contributed by atoms with Gasteiger partial charge >= 0.3 is 5.97 Å². The van der Waals surface area contributed by atoms with Crippen molar-refractivity contribution in [1.82, 2.24) is 9.97 Å². The highest BCUT2D eigenvalue weighted by Crippen LogP contribution is 2.14. The molecule has 0 aliphatic heterocycles. The normalized spacial score (nSPS) is 11.1. The van der Waals surface area contributed by atoms with Crippen LogP contribution in [0.15, 0.2) is 41.6 Å². The van der Waals surface area contributed by atoms with Gasteiger partial charge in [-0.2, -0.15) is 0 Å². The number of nitrogens with one attached hydrogen (secondary N) is 2. The third kappa shape index (κ3) is 2.48. The Hall–Kier alpha value is -2.35. The second-order valence-corrected chi connectivity index (χ2v) is 5.06. The molecule has 0 bridgehead atoms. The van der Waals surface area contributed by atoms with E-state index in [-0.39, 0.29) is 16.4 Å². The second kappa shape index (κ2) is 4.49. The van der Waals surface area contributed by atoms with E-state index in [2.05, 4.69) is 14.7 Å². The lowest BCUT2D eigenvalue weighted by Gasteiger charge is -2.04. The summed E-state index contributed by atoms with van der Waals surface area (Å²) in [7, 11) is -3.83. The van der Waals surface area contributed by atoms with Gasteiger partial charge in [0.2, 0.25) is 0 Å². The number of hydrogen-bond acceptors (Lipinski definition) is 4. The molecule has 2 aromatic heterocycles. The lowest BCUT2D eigenvalue weighted by molar-refractivity contribution is 0.0691. The third-order valence-corrected chi connectivity index (χ3v) is 3.44. The summed E-state index contributed by atoms with van der Waals surface area (Å²) in [4.78, 5) is 16.7. The molecule has 0 amide bonds. The minimum atomic E-state index is -3.83. The van der Waals surface area contributed by atoms with Crippen molar-refractivity contribution in [2.75, 3.05) is 4.72 Å². The number of aromatic nitrogens is 2. The highest BCUT2D eigenvalue weighted by Gasteiger charge is 2.18. The first-order valence-electron chi connectivity index (χ1n) is 4.84. The Morgan fingerprint density at radius 2 is 2.17 bits per heavy atom. The van der Waals surface area contributed by atoms with Crippen LogP contribution in [0, 0.1) is 0 Å². The molecule has 0 saturated heterocycles. The van der Waals surface area contributed by atoms with Gasteiger partial charge in [0, 0.05) is 12.4 Å². The molecule has 2 aromatic rings. The molecule has 94 valence electrons. The molecule has 0 aromatic carbocycles. The predicted molar refractivity (Wildman–Crippen MR) is 62.8 cm³/mol. The summed E-state index contributed by atoms with van der Waals surface area (Å²) in [5, 5.41) is 8.69. The van der Waals surface area contributed by atoms with Crippen LogP contribution in [0.1, 0.15) is 10.5 Å². The van der Waals surface area contributed by atoms with E-state index in [9.17, 15) is 13.2 Å². The molecule has 0 aliphatic rings. The summed E-state index contributed by atoms with van der Waals surface area (Å²) in [5.41, 5.74) is -0.198. The third-order valence-electron chi connectivity index (χ3n) is 2.10. The fourth-order valence-corrected chi connectivity index (χ4v) is 2.27. The lowest BCUT2D eigenvalue weighted by atomic mass is 10.4. The molecule has 7 nitrogen and oxygen atoms in total. The van der Waals surface area contributed by atoms with E-state index >= 15 is 0 Å². The molecule has 18 heavy (non-hydrogen) atoms. The van der Waals surface area contributed by atoms with Crippen molar-refractivity contribution in [3.63, 3.8) is 0 Å². The zero-order chi connectivity index (χ0) is 13.2. The van der Waals surface area contributed by atoms with E-state index in [0.717, 1.165) is 12.3 Å². The quantitative estimate of drug-likeness (QED) is 0.762. The van der Waals surface area contributed by atoms with Gasteiger partial charge in [0.1, 0.15) is 16.4 Å². The molecule has 8 heteroatoms. The molecular weight excluding hydrogens is 258 g/mol. The van der Waals surface area contributed by atoms with Crippen LogP contribution >= 0.6 is 0 Å². The van der Waals surface area contributed by atoms with Gasteiger partial charge in [-0.3, -0.25) is 4.72 Å². The summed E-state index contributed by atoms with van der Waals surface area (Å²) in [6.07, 6.45) is 2.55. The van der Waals surface area contributed by atoms with Crippen LogP contribution in [-0.2, 0) is 10.0 Å². The van der Waals surface area contributed by atoms with E-state index in [0.29, 0.717) is 0 Å². The van der Waals surface area contributed by atoms with Crippen molar-refractivity contribution in [2.24, 2.45) is 0 Å². The topological polar surface area (TPSA) is 112 Å². The number of hydrogen-bond donors (Lipinski definition) is 3. The minimum absolute atomic E-state index is 0.162. The van der Waals surface area contributed by atoms with Crippen molar-refractivity contribution in [3.8, 4) is 0 Å². The first kappa shape index (κ1) is 12.1. The average Bonchev–Trinajstić information content (AvgIpc) is 2.79. The molecule has 2 heterocycles. The van der Waals surface area contributed by atoms with E-state index < -0.39 is 16.0 Å². The number of aromatic amines is 1. The van der Waals surface area contributed by atoms with E-state index in [4.69, 9.17) is 5.11 Å². The molecule has 3 N–H and O–H groups in total. The maximum atomic E-state index is 11.9. The van der Waals surface area contributed by atoms with Gasteiger partial charge in [-0.1, -0.05) is 6.07 Å². The molecule has 2 rings (SSSR count). The zero-order valence-electron chi connectivity index (χ0n) is 8.99. The molecule has 0 radical (unpaired) electrons. The molecule has 0 aliphatic carbocycles. The first-order valence-corrected chi connectivity index (χ1v) is 6.33. The molecule has 0 saturated carbocycles. The highest BCUT2D eigenvalue weighted by atomic mass is 32.2. The summed E-state index contributed by atoms with van der Waals surface area (Å²) in [6.45, 7) is 0. The Bertz CT molecular complexity index is 663. The maximum Gasteiger partial charge on any atom is 0.352 e. The Morgan fingerprint density at radius 3 is 2.72 bits per heavy atom. The zero-order valence-corrected chi connectivity index (χ0v) is 9.81. The van der Waals surface area contributed by atoms with Crippen LogP contribution in [0.4, 0.5) is 5.82 Å². The van der Waals surface area contributed by atoms with Crippen molar-refractivity contribution >= 4 is 21.8 Å². The molecule has 0 atom stereocenters. The van der Waals surface area contributed by atoms with E-state index in [1.54, 1.807) is 12.1 Å². The fraction of sp³-hybridized carbons (Fsp3) is 0. The van der Waals surface area contributed by atoms with Crippen LogP contribution in [-0.4, -0.2) is 29.5 Å². The number of anilines is 1. The van der Waals surface area contributed by atoms with Crippen LogP contribution in [0.25, 0.3) is 0 Å². The number of aromatic carboxylic acids is 1. The Morgan fingerprint density at radius 1 is 1.39 bits per heavy atom. The standard InChI is InChI=1S/C10H9N3O4S/c14-10(15)8-5-7(6-12-8)18(16,17)13-9-3-1-2-4-11-9/h1-6,12H,(H,11,13)(H,14,15). The number of carboxylic acid groups (broad SMARTS) is 1. The lowest BCUT2D eigenvalue weighted by Crippen LogP contribution is -2.13. The number of H-pyrrole nitrogens is 1. The Balaban J connectivity index is 2.28. The molecule has 0 spiro atoms. The number of pyridine rings is 1. The van der Waals surface area contributed by atoms with E-state index in [1.807, 2.05) is 0 Å². The van der Waals surface area contributed by atoms with Crippen molar-refractivity contribution in [2.45, 2.75) is 4.90 Å². The SMILES string of the molecule is O=C(O)c1cc(S(=O)(=O)Nc2ccccn2)c[nH]1. The smallest absolute Gasteiger partial charge is 0.352 e. The van der Waals surface area contributed by atoms with Gasteiger partial charge in [0.25, 0.3) is 10.0 Å². The van der Waals surface area contributed by atoms with Crippen molar-refractivity contribution in [1.29, 1.82) is 0 Å². The van der Waals surface area contributed by atoms with E-state index in [1.165, 1.54) is 12.3 Å². The molecule has 0 fully saturated rings. The predicted octanol–water partition coefficient (Wildman–Crippen LogP) is 0.909. The van der Waals surface area contributed by atoms with Crippen molar-refractivity contribution in [3.05, 3.63) is 42.4 Å². The first-order chi connectivity index (χ1) is 8.49. The number of carboxylic acids is 1. The number of rotatable bonds is 4. The maximum absolute atomic E-state index is 11.9. The van der Waals surface area contributed by atoms with Gasteiger partial charge < -0.3 is 10.1 Å². The summed E-state index contributed by atoms with van der Waals surface area (Å²) < 4.78 is 26.0. The number of nitrogens with zero attached hydrogens (tertiary/aromatic N) is 1. The van der Waals surface area contributed by atoms with Crippen LogP contribution < -0.4 is 4.72 Å². The molecule has 0 unspecified atom stereocenters. The average molecular weight is 267 g/mol. The summed E-state index contributed by atoms with van der Waals surface area (Å²) in [5.74, 6) is -1.06. The number of sulfonamides is 1. The minimum Gasteiger partial charge on any atom is -0.477 e. The van der Waals surface area contributed by atoms with Crippen molar-refractivity contribution < 1.29 is 18.3 Å². The highest BCUT2D eigenvalue weighted by molar-refractivity contribution is 7.92. The van der Waals surface area contributed by atoms with Crippen LogP contribution in [0.3, 0.4) is 0 Å². The largest absolute Gasteiger partial charge is 0.477 e. The fourth-order valence-electron chi connectivity index (χ4n) is 1.27. The van der Waals surface area contributed by atoms with Gasteiger partial charge in [-0.05, 0) is 18.2 Å². The van der Waals surface area contributed by atoms with Gasteiger partial charge in [0.15, 0.2) is 0 Å². The van der Waals surface area contributed by atoms with Crippen LogP contribution in [0.5, 0.6) is 0 Å². The van der Waals surface area contributed by atoms with Gasteiger partial charge in [-0.25, -0.2) is 18.2 Å². The monoisotopic (exact) mass is 267 g/mol. The molecular formula is C10H9N3O4S. The van der Waals surface area contributed by atoms with Gasteiger partial charge in [-0.15, -0.1) is 0 Å². The Labute approximate surface area is 103 Å². The number of carbonyl (C=O) groups is 1. The van der Waals surface area contributed by atoms with Crippen LogP contribution in [0.2, 0.25) is 0 Å². The van der Waals surface area contributed by atoms with Gasteiger partial charge in [0.05, 0.1) is 0 Å². The summed E-state index contributed by atoms with van der Waals surface area (Å²) in [6, 6.07) is 5.80.